The molecule has 0 aliphatic heterocycles. The lowest BCUT2D eigenvalue weighted by molar-refractivity contribution is 0.0957. The van der Waals surface area contributed by atoms with Crippen molar-refractivity contribution >= 4 is 28.7 Å². The number of anilines is 1. The maximum Gasteiger partial charge on any atom is 0.261 e. The van der Waals surface area contributed by atoms with Gasteiger partial charge in [0.2, 0.25) is 0 Å². The highest BCUT2D eigenvalue weighted by atomic mass is 32.1. The highest BCUT2D eigenvalue weighted by Gasteiger charge is 2.10. The molecule has 0 spiro atoms. The minimum absolute atomic E-state index is 0.0141. The van der Waals surface area contributed by atoms with Gasteiger partial charge in [0.15, 0.2) is 5.78 Å². The molecule has 0 unspecified atom stereocenters. The summed E-state index contributed by atoms with van der Waals surface area (Å²) >= 11 is 1.22. The number of thiophene rings is 1. The van der Waals surface area contributed by atoms with Crippen molar-refractivity contribution in [3.8, 4) is 0 Å². The molecular weight excluding hydrogens is 286 g/mol. The van der Waals surface area contributed by atoms with Gasteiger partial charge in [-0.2, -0.15) is 0 Å². The van der Waals surface area contributed by atoms with Crippen molar-refractivity contribution in [1.29, 1.82) is 0 Å². The molecule has 0 aromatic carbocycles. The normalized spacial score (nSPS) is 10.1. The standard InChI is InChI=1S/C15H17N3O2S/c1-11(19)13-5-6-14(21-13)15(20)18-9-3-8-17-12-4-2-7-16-10-12/h2,4-7,10,17H,3,8-9H2,1H3,(H,18,20). The van der Waals surface area contributed by atoms with Crippen LogP contribution >= 0.6 is 11.3 Å². The molecule has 0 radical (unpaired) electrons. The number of carbonyl (C=O) groups is 2. The summed E-state index contributed by atoms with van der Waals surface area (Å²) in [6.07, 6.45) is 4.29. The first-order chi connectivity index (χ1) is 10.2. The third-order valence-electron chi connectivity index (χ3n) is 2.81. The Morgan fingerprint density at radius 1 is 1.19 bits per heavy atom. The van der Waals surface area contributed by atoms with E-state index < -0.39 is 0 Å². The van der Waals surface area contributed by atoms with E-state index in [0.29, 0.717) is 16.3 Å². The molecule has 6 heteroatoms. The number of amides is 1. The summed E-state index contributed by atoms with van der Waals surface area (Å²) in [6.45, 7) is 2.84. The fourth-order valence-electron chi connectivity index (χ4n) is 1.73. The SMILES string of the molecule is CC(=O)c1ccc(C(=O)NCCCNc2cccnc2)s1. The van der Waals surface area contributed by atoms with Gasteiger partial charge in [0.1, 0.15) is 0 Å². The van der Waals surface area contributed by atoms with E-state index in [1.807, 2.05) is 12.1 Å². The summed E-state index contributed by atoms with van der Waals surface area (Å²) in [5, 5.41) is 6.06. The first-order valence-corrected chi connectivity index (χ1v) is 7.51. The molecule has 2 heterocycles. The molecular formula is C15H17N3O2S. The number of pyridine rings is 1. The van der Waals surface area contributed by atoms with Crippen LogP contribution in [0.15, 0.2) is 36.7 Å². The lowest BCUT2D eigenvalue weighted by Crippen LogP contribution is -2.25. The van der Waals surface area contributed by atoms with Crippen LogP contribution in [0.4, 0.5) is 5.69 Å². The molecule has 0 saturated carbocycles. The van der Waals surface area contributed by atoms with Gasteiger partial charge < -0.3 is 10.6 Å². The Morgan fingerprint density at radius 3 is 2.67 bits per heavy atom. The van der Waals surface area contributed by atoms with Gasteiger partial charge in [0, 0.05) is 25.5 Å². The molecule has 21 heavy (non-hydrogen) atoms. The van der Waals surface area contributed by atoms with Gasteiger partial charge in [-0.3, -0.25) is 14.6 Å². The van der Waals surface area contributed by atoms with Gasteiger partial charge in [-0.05, 0) is 37.6 Å². The van der Waals surface area contributed by atoms with Crippen LogP contribution in [0.2, 0.25) is 0 Å². The summed E-state index contributed by atoms with van der Waals surface area (Å²) in [5.74, 6) is -0.145. The van der Waals surface area contributed by atoms with Crippen LogP contribution in [0.3, 0.4) is 0 Å². The van der Waals surface area contributed by atoms with Crippen molar-refractivity contribution < 1.29 is 9.59 Å². The molecule has 2 aromatic rings. The Morgan fingerprint density at radius 2 is 2.00 bits per heavy atom. The maximum atomic E-state index is 11.9. The minimum atomic E-state index is -0.131. The lowest BCUT2D eigenvalue weighted by Gasteiger charge is -2.06. The Labute approximate surface area is 127 Å². The quantitative estimate of drug-likeness (QED) is 0.609. The van der Waals surface area contributed by atoms with Crippen molar-refractivity contribution in [3.63, 3.8) is 0 Å². The first-order valence-electron chi connectivity index (χ1n) is 6.69. The Kier molecular flexibility index (Phi) is 5.45. The molecule has 0 atom stereocenters. The number of rotatable bonds is 7. The van der Waals surface area contributed by atoms with Gasteiger partial charge in [-0.1, -0.05) is 0 Å². The number of nitrogens with one attached hydrogen (secondary N) is 2. The molecule has 2 N–H and O–H groups in total. The molecule has 5 nitrogen and oxygen atoms in total. The summed E-state index contributed by atoms with van der Waals surface area (Å²) in [4.78, 5) is 28.2. The average Bonchev–Trinajstić information content (AvgIpc) is 2.98. The van der Waals surface area contributed by atoms with Gasteiger partial charge >= 0.3 is 0 Å². The highest BCUT2D eigenvalue weighted by Crippen LogP contribution is 2.16. The number of hydrogen-bond acceptors (Lipinski definition) is 5. The lowest BCUT2D eigenvalue weighted by atomic mass is 10.3. The topological polar surface area (TPSA) is 71.1 Å². The molecule has 0 aliphatic rings. The zero-order valence-corrected chi connectivity index (χ0v) is 12.6. The van der Waals surface area contributed by atoms with Crippen LogP contribution in [0.5, 0.6) is 0 Å². The van der Waals surface area contributed by atoms with Crippen molar-refractivity contribution in [2.45, 2.75) is 13.3 Å². The van der Waals surface area contributed by atoms with Gasteiger partial charge in [0.25, 0.3) is 5.91 Å². The largest absolute Gasteiger partial charge is 0.384 e. The molecule has 2 rings (SSSR count). The second kappa shape index (κ2) is 7.54. The molecule has 2 aromatic heterocycles. The van der Waals surface area contributed by atoms with Gasteiger partial charge in [-0.25, -0.2) is 0 Å². The zero-order chi connectivity index (χ0) is 15.1. The van der Waals surface area contributed by atoms with E-state index in [2.05, 4.69) is 15.6 Å². The third-order valence-corrected chi connectivity index (χ3v) is 3.99. The Balaban J connectivity index is 1.68. The first kappa shape index (κ1) is 15.2. The smallest absolute Gasteiger partial charge is 0.261 e. The van der Waals surface area contributed by atoms with E-state index in [1.165, 1.54) is 18.3 Å². The van der Waals surface area contributed by atoms with Crippen LogP contribution in [-0.2, 0) is 0 Å². The monoisotopic (exact) mass is 303 g/mol. The summed E-state index contributed by atoms with van der Waals surface area (Å²) in [7, 11) is 0. The summed E-state index contributed by atoms with van der Waals surface area (Å²) in [6, 6.07) is 7.19. The third kappa shape index (κ3) is 4.68. The van der Waals surface area contributed by atoms with E-state index in [9.17, 15) is 9.59 Å². The summed E-state index contributed by atoms with van der Waals surface area (Å²) < 4.78 is 0. The van der Waals surface area contributed by atoms with Crippen molar-refractivity contribution in [1.82, 2.24) is 10.3 Å². The van der Waals surface area contributed by atoms with Crippen LogP contribution in [-0.4, -0.2) is 29.8 Å². The van der Waals surface area contributed by atoms with Crippen LogP contribution in [0.1, 0.15) is 32.7 Å². The molecule has 1 amide bonds. The maximum absolute atomic E-state index is 11.9. The second-order valence-electron chi connectivity index (χ2n) is 4.50. The molecule has 110 valence electrons. The number of aromatic nitrogens is 1. The predicted octanol–water partition coefficient (Wildman–Crippen LogP) is 2.58. The summed E-state index contributed by atoms with van der Waals surface area (Å²) in [5.41, 5.74) is 0.966. The highest BCUT2D eigenvalue weighted by molar-refractivity contribution is 7.15. The number of Topliss-reactive ketones (excluding diaryl/α,β-unsaturated/α-hetero) is 1. The van der Waals surface area contributed by atoms with Crippen LogP contribution in [0.25, 0.3) is 0 Å². The number of ketones is 1. The fourth-order valence-corrected chi connectivity index (χ4v) is 2.54. The van der Waals surface area contributed by atoms with Gasteiger partial charge in [0.05, 0.1) is 15.4 Å². The Hall–Kier alpha value is -2.21. The van der Waals surface area contributed by atoms with Gasteiger partial charge in [-0.15, -0.1) is 11.3 Å². The van der Waals surface area contributed by atoms with E-state index in [-0.39, 0.29) is 11.7 Å². The average molecular weight is 303 g/mol. The van der Waals surface area contributed by atoms with Crippen molar-refractivity contribution in [3.05, 3.63) is 46.4 Å². The van der Waals surface area contributed by atoms with E-state index in [0.717, 1.165) is 18.7 Å². The van der Waals surface area contributed by atoms with E-state index in [4.69, 9.17) is 0 Å². The van der Waals surface area contributed by atoms with E-state index in [1.54, 1.807) is 24.5 Å². The van der Waals surface area contributed by atoms with Crippen molar-refractivity contribution in [2.24, 2.45) is 0 Å². The zero-order valence-electron chi connectivity index (χ0n) is 11.8. The van der Waals surface area contributed by atoms with Crippen LogP contribution in [0, 0.1) is 0 Å². The minimum Gasteiger partial charge on any atom is -0.384 e. The van der Waals surface area contributed by atoms with Crippen molar-refractivity contribution in [2.75, 3.05) is 18.4 Å². The molecule has 0 fully saturated rings. The van der Waals surface area contributed by atoms with E-state index >= 15 is 0 Å². The predicted molar refractivity (Wildman–Crippen MR) is 84.0 cm³/mol. The molecule has 0 aliphatic carbocycles. The van der Waals surface area contributed by atoms with Crippen LogP contribution < -0.4 is 10.6 Å². The molecule has 0 bridgehead atoms. The second-order valence-corrected chi connectivity index (χ2v) is 5.58. The molecule has 0 saturated heterocycles. The Bertz CT molecular complexity index is 610. The fraction of sp³-hybridized carbons (Fsp3) is 0.267. The number of hydrogen-bond donors (Lipinski definition) is 2. The number of nitrogens with zero attached hydrogens (tertiary/aromatic N) is 1. The number of carbonyl (C=O) groups excluding carboxylic acids is 2.